The zero-order valence-corrected chi connectivity index (χ0v) is 11.3. The Hall–Kier alpha value is -0.620. The molecule has 2 heterocycles. The van der Waals surface area contributed by atoms with Crippen molar-refractivity contribution in [2.75, 3.05) is 19.7 Å². The number of carbonyl (C=O) groups is 1. The van der Waals surface area contributed by atoms with Gasteiger partial charge in [0.25, 0.3) is 5.91 Å². The minimum atomic E-state index is -0.338. The summed E-state index contributed by atoms with van der Waals surface area (Å²) in [6.07, 6.45) is -0.338. The molecule has 0 aliphatic carbocycles. The van der Waals surface area contributed by atoms with Gasteiger partial charge in [0.2, 0.25) is 0 Å². The average Bonchev–Trinajstić information content (AvgIpc) is 2.73. The van der Waals surface area contributed by atoms with Crippen molar-refractivity contribution in [3.05, 3.63) is 21.9 Å². The Morgan fingerprint density at radius 1 is 1.65 bits per heavy atom. The van der Waals surface area contributed by atoms with Crippen LogP contribution < -0.4 is 10.6 Å². The van der Waals surface area contributed by atoms with Crippen molar-refractivity contribution in [3.8, 4) is 0 Å². The Morgan fingerprint density at radius 3 is 3.06 bits per heavy atom. The third-order valence-corrected chi connectivity index (χ3v) is 3.45. The highest BCUT2D eigenvalue weighted by molar-refractivity contribution is 7.11. The highest BCUT2D eigenvalue weighted by Crippen LogP contribution is 2.14. The van der Waals surface area contributed by atoms with E-state index in [0.717, 1.165) is 6.54 Å². The molecule has 1 saturated heterocycles. The number of morpholine rings is 1. The normalized spacial score (nSPS) is 19.5. The third-order valence-electron chi connectivity index (χ3n) is 2.45. The van der Waals surface area contributed by atoms with Crippen LogP contribution in [0.25, 0.3) is 0 Å². The minimum absolute atomic E-state index is 0. The monoisotopic (exact) mass is 276 g/mol. The zero-order valence-electron chi connectivity index (χ0n) is 9.69. The maximum atomic E-state index is 11.7. The van der Waals surface area contributed by atoms with Crippen LogP contribution in [0.1, 0.15) is 9.75 Å². The molecule has 1 aliphatic heterocycles. The van der Waals surface area contributed by atoms with Crippen LogP contribution in [0.5, 0.6) is 0 Å². The molecule has 1 aliphatic rings. The van der Waals surface area contributed by atoms with Crippen molar-refractivity contribution < 1.29 is 9.53 Å². The molecule has 1 amide bonds. The Labute approximate surface area is 111 Å². The second-order valence-corrected chi connectivity index (χ2v) is 5.17. The average molecular weight is 277 g/mol. The van der Waals surface area contributed by atoms with Crippen LogP contribution in [0.2, 0.25) is 0 Å². The van der Waals surface area contributed by atoms with Crippen LogP contribution in [-0.2, 0) is 16.1 Å². The smallest absolute Gasteiger partial charge is 0.250 e. The molecule has 1 atom stereocenters. The number of rotatable bonds is 3. The first-order valence-corrected chi connectivity index (χ1v) is 6.23. The predicted octanol–water partition coefficient (Wildman–Crippen LogP) is 1.08. The molecule has 0 aromatic carbocycles. The number of hydrogen-bond acceptors (Lipinski definition) is 4. The van der Waals surface area contributed by atoms with Crippen molar-refractivity contribution in [1.29, 1.82) is 0 Å². The van der Waals surface area contributed by atoms with Crippen molar-refractivity contribution in [2.24, 2.45) is 0 Å². The van der Waals surface area contributed by atoms with E-state index in [1.807, 2.05) is 6.07 Å². The Balaban J connectivity index is 0.00000144. The number of aryl methyl sites for hydroxylation is 1. The molecule has 2 N–H and O–H groups in total. The largest absolute Gasteiger partial charge is 0.366 e. The van der Waals surface area contributed by atoms with Gasteiger partial charge >= 0.3 is 0 Å². The number of carbonyl (C=O) groups excluding carboxylic acids is 1. The summed E-state index contributed by atoms with van der Waals surface area (Å²) in [7, 11) is 0. The van der Waals surface area contributed by atoms with Crippen molar-refractivity contribution in [2.45, 2.75) is 19.6 Å². The second kappa shape index (κ2) is 6.96. The maximum Gasteiger partial charge on any atom is 0.250 e. The topological polar surface area (TPSA) is 50.4 Å². The lowest BCUT2D eigenvalue weighted by atomic mass is 10.3. The van der Waals surface area contributed by atoms with Crippen LogP contribution in [-0.4, -0.2) is 31.7 Å². The van der Waals surface area contributed by atoms with Crippen molar-refractivity contribution in [1.82, 2.24) is 10.6 Å². The van der Waals surface area contributed by atoms with Crippen molar-refractivity contribution in [3.63, 3.8) is 0 Å². The van der Waals surface area contributed by atoms with Gasteiger partial charge in [0, 0.05) is 22.8 Å². The number of ether oxygens (including phenoxy) is 1. The van der Waals surface area contributed by atoms with E-state index >= 15 is 0 Å². The summed E-state index contributed by atoms with van der Waals surface area (Å²) >= 11 is 1.71. The number of thiophene rings is 1. The lowest BCUT2D eigenvalue weighted by Crippen LogP contribution is -2.47. The lowest BCUT2D eigenvalue weighted by Gasteiger charge is -2.22. The van der Waals surface area contributed by atoms with E-state index in [2.05, 4.69) is 23.6 Å². The Kier molecular flexibility index (Phi) is 5.91. The molecule has 4 nitrogen and oxygen atoms in total. The molecular formula is C11H17ClN2O2S. The van der Waals surface area contributed by atoms with Gasteiger partial charge in [0.1, 0.15) is 6.10 Å². The first-order valence-electron chi connectivity index (χ1n) is 5.41. The molecular weight excluding hydrogens is 260 g/mol. The van der Waals surface area contributed by atoms with Crippen LogP contribution in [0, 0.1) is 6.92 Å². The standard InChI is InChI=1S/C11H16N2O2S.ClH/c1-8-2-3-9(16-8)6-13-11(14)10-7-12-4-5-15-10;/h2-3,10,12H,4-7H2,1H3,(H,13,14);1H. The van der Waals surface area contributed by atoms with Gasteiger partial charge in [-0.05, 0) is 19.1 Å². The number of halogens is 1. The fourth-order valence-electron chi connectivity index (χ4n) is 1.60. The minimum Gasteiger partial charge on any atom is -0.366 e. The Morgan fingerprint density at radius 2 is 2.47 bits per heavy atom. The fraction of sp³-hybridized carbons (Fsp3) is 0.545. The molecule has 0 saturated carbocycles. The second-order valence-electron chi connectivity index (χ2n) is 3.79. The predicted molar refractivity (Wildman–Crippen MR) is 70.8 cm³/mol. The molecule has 2 rings (SSSR count). The zero-order chi connectivity index (χ0) is 11.4. The molecule has 1 aromatic heterocycles. The summed E-state index contributed by atoms with van der Waals surface area (Å²) in [5.41, 5.74) is 0. The third kappa shape index (κ3) is 4.27. The summed E-state index contributed by atoms with van der Waals surface area (Å²) in [5.74, 6) is -0.0294. The number of hydrogen-bond donors (Lipinski definition) is 2. The van der Waals surface area contributed by atoms with E-state index in [9.17, 15) is 4.79 Å². The number of nitrogens with one attached hydrogen (secondary N) is 2. The number of amides is 1. The van der Waals surface area contributed by atoms with Crippen LogP contribution >= 0.6 is 23.7 Å². The highest BCUT2D eigenvalue weighted by atomic mass is 35.5. The van der Waals surface area contributed by atoms with E-state index in [4.69, 9.17) is 4.74 Å². The lowest BCUT2D eigenvalue weighted by molar-refractivity contribution is -0.134. The van der Waals surface area contributed by atoms with Gasteiger partial charge in [-0.1, -0.05) is 0 Å². The van der Waals surface area contributed by atoms with E-state index < -0.39 is 0 Å². The highest BCUT2D eigenvalue weighted by Gasteiger charge is 2.21. The summed E-state index contributed by atoms with van der Waals surface area (Å²) in [5, 5.41) is 6.02. The molecule has 0 bridgehead atoms. The summed E-state index contributed by atoms with van der Waals surface area (Å²) < 4.78 is 5.36. The molecule has 17 heavy (non-hydrogen) atoms. The molecule has 0 radical (unpaired) electrons. The molecule has 1 unspecified atom stereocenters. The van der Waals surface area contributed by atoms with E-state index in [-0.39, 0.29) is 24.4 Å². The van der Waals surface area contributed by atoms with E-state index in [1.165, 1.54) is 9.75 Å². The van der Waals surface area contributed by atoms with E-state index in [1.54, 1.807) is 11.3 Å². The van der Waals surface area contributed by atoms with Crippen LogP contribution in [0.15, 0.2) is 12.1 Å². The van der Waals surface area contributed by atoms with Crippen LogP contribution in [0.4, 0.5) is 0 Å². The van der Waals surface area contributed by atoms with Crippen molar-refractivity contribution >= 4 is 29.7 Å². The summed E-state index contributed by atoms with van der Waals surface area (Å²) in [6.45, 7) is 4.70. The first-order chi connectivity index (χ1) is 7.75. The molecule has 96 valence electrons. The quantitative estimate of drug-likeness (QED) is 0.869. The van der Waals surface area contributed by atoms with Gasteiger partial charge < -0.3 is 15.4 Å². The molecule has 6 heteroatoms. The van der Waals surface area contributed by atoms with E-state index in [0.29, 0.717) is 19.7 Å². The fourth-order valence-corrected chi connectivity index (χ4v) is 2.43. The molecule has 1 fully saturated rings. The molecule has 0 spiro atoms. The van der Waals surface area contributed by atoms with Gasteiger partial charge in [-0.2, -0.15) is 0 Å². The first kappa shape index (κ1) is 14.4. The summed E-state index contributed by atoms with van der Waals surface area (Å²) in [4.78, 5) is 14.1. The maximum absolute atomic E-state index is 11.7. The van der Waals surface area contributed by atoms with Gasteiger partial charge in [-0.25, -0.2) is 0 Å². The SMILES string of the molecule is Cc1ccc(CNC(=O)C2CNCCO2)s1.Cl. The Bertz CT molecular complexity index is 364. The summed E-state index contributed by atoms with van der Waals surface area (Å²) in [6, 6.07) is 4.10. The van der Waals surface area contributed by atoms with Gasteiger partial charge in [0.05, 0.1) is 13.2 Å². The van der Waals surface area contributed by atoms with Gasteiger partial charge in [-0.3, -0.25) is 4.79 Å². The van der Waals surface area contributed by atoms with Crippen LogP contribution in [0.3, 0.4) is 0 Å². The van der Waals surface area contributed by atoms with Gasteiger partial charge in [-0.15, -0.1) is 23.7 Å². The molecule has 1 aromatic rings. The van der Waals surface area contributed by atoms with Gasteiger partial charge in [0.15, 0.2) is 0 Å².